The van der Waals surface area contributed by atoms with Crippen molar-refractivity contribution >= 4 is 28.4 Å². The summed E-state index contributed by atoms with van der Waals surface area (Å²) in [6.07, 6.45) is 5.04. The van der Waals surface area contributed by atoms with Gasteiger partial charge in [0.1, 0.15) is 5.54 Å². The Hall–Kier alpha value is -1.67. The minimum Gasteiger partial charge on any atom is -0.323 e. The van der Waals surface area contributed by atoms with Crippen LogP contribution in [0.15, 0.2) is 6.20 Å². The van der Waals surface area contributed by atoms with Crippen LogP contribution < -0.4 is 16.6 Å². The summed E-state index contributed by atoms with van der Waals surface area (Å²) < 4.78 is 0. The lowest BCUT2D eigenvalue weighted by atomic mass is 9.77. The zero-order valence-electron chi connectivity index (χ0n) is 11.9. The molecule has 4 N–H and O–H groups in total. The molecular formula is C13H19N5O2S. The van der Waals surface area contributed by atoms with Crippen LogP contribution in [0, 0.1) is 5.92 Å². The van der Waals surface area contributed by atoms with Crippen molar-refractivity contribution in [2.24, 2.45) is 11.8 Å². The molecule has 0 radical (unpaired) electrons. The zero-order chi connectivity index (χ0) is 15.0. The maximum Gasteiger partial charge on any atom is 0.325 e. The molecule has 1 saturated heterocycles. The van der Waals surface area contributed by atoms with Gasteiger partial charge in [-0.3, -0.25) is 15.1 Å². The van der Waals surface area contributed by atoms with Gasteiger partial charge in [0.05, 0.1) is 6.54 Å². The van der Waals surface area contributed by atoms with E-state index in [0.29, 0.717) is 11.0 Å². The van der Waals surface area contributed by atoms with Gasteiger partial charge in [0, 0.05) is 11.1 Å². The number of anilines is 1. The standard InChI is InChI=1S/C13H19N5O2S/c1-8-2-4-13(5-3-8)10(19)18(12(20)16-13)7-9-6-15-11(17-14)21-9/h6,8H,2-5,7,14H2,1H3,(H,15,17)(H,16,20). The van der Waals surface area contributed by atoms with Gasteiger partial charge in [0.2, 0.25) is 0 Å². The predicted octanol–water partition coefficient (Wildman–Crippen LogP) is 1.43. The average Bonchev–Trinajstić information content (AvgIpc) is 3.02. The van der Waals surface area contributed by atoms with Crippen LogP contribution in [0.25, 0.3) is 0 Å². The number of nitrogens with zero attached hydrogens (tertiary/aromatic N) is 2. The van der Waals surface area contributed by atoms with Crippen LogP contribution in [0.1, 0.15) is 37.5 Å². The van der Waals surface area contributed by atoms with Crippen molar-refractivity contribution in [1.29, 1.82) is 0 Å². The maximum atomic E-state index is 12.7. The fraction of sp³-hybridized carbons (Fsp3) is 0.615. The van der Waals surface area contributed by atoms with E-state index < -0.39 is 5.54 Å². The highest BCUT2D eigenvalue weighted by Crippen LogP contribution is 2.37. The number of aromatic nitrogens is 1. The number of nitrogens with two attached hydrogens (primary N) is 1. The van der Waals surface area contributed by atoms with Crippen molar-refractivity contribution in [3.05, 3.63) is 11.1 Å². The maximum absolute atomic E-state index is 12.7. The SMILES string of the molecule is CC1CCC2(CC1)NC(=O)N(Cc1cnc(NN)s1)C2=O. The topological polar surface area (TPSA) is 100 Å². The molecule has 0 atom stereocenters. The number of urea groups is 1. The summed E-state index contributed by atoms with van der Waals surface area (Å²) in [6.45, 7) is 2.44. The molecule has 0 bridgehead atoms. The molecule has 2 heterocycles. The summed E-state index contributed by atoms with van der Waals surface area (Å²) >= 11 is 1.34. The third-order valence-corrected chi connectivity index (χ3v) is 5.28. The number of rotatable bonds is 3. The summed E-state index contributed by atoms with van der Waals surface area (Å²) in [7, 11) is 0. The molecule has 0 aromatic carbocycles. The Kier molecular flexibility index (Phi) is 3.58. The van der Waals surface area contributed by atoms with Gasteiger partial charge in [0.25, 0.3) is 5.91 Å². The van der Waals surface area contributed by atoms with E-state index in [1.165, 1.54) is 16.2 Å². The van der Waals surface area contributed by atoms with E-state index >= 15 is 0 Å². The highest BCUT2D eigenvalue weighted by atomic mass is 32.1. The molecule has 3 rings (SSSR count). The molecule has 114 valence electrons. The van der Waals surface area contributed by atoms with Crippen molar-refractivity contribution in [2.45, 2.75) is 44.7 Å². The summed E-state index contributed by atoms with van der Waals surface area (Å²) in [4.78, 5) is 31.0. The number of carbonyl (C=O) groups is 2. The first-order valence-electron chi connectivity index (χ1n) is 7.09. The number of carbonyl (C=O) groups excluding carboxylic acids is 2. The van der Waals surface area contributed by atoms with Gasteiger partial charge < -0.3 is 5.32 Å². The molecular weight excluding hydrogens is 290 g/mol. The molecule has 0 unspecified atom stereocenters. The second-order valence-corrected chi connectivity index (χ2v) is 6.98. The molecule has 7 nitrogen and oxygen atoms in total. The summed E-state index contributed by atoms with van der Waals surface area (Å²) in [5.41, 5.74) is 1.78. The van der Waals surface area contributed by atoms with Crippen molar-refractivity contribution < 1.29 is 9.59 Å². The molecule has 3 amide bonds. The van der Waals surface area contributed by atoms with E-state index in [9.17, 15) is 9.59 Å². The van der Waals surface area contributed by atoms with Gasteiger partial charge >= 0.3 is 6.03 Å². The molecule has 1 aromatic rings. The van der Waals surface area contributed by atoms with Crippen LogP contribution in [0.4, 0.5) is 9.93 Å². The zero-order valence-corrected chi connectivity index (χ0v) is 12.7. The Bertz CT molecular complexity index is 565. The lowest BCUT2D eigenvalue weighted by Gasteiger charge is -2.33. The highest BCUT2D eigenvalue weighted by molar-refractivity contribution is 7.15. The van der Waals surface area contributed by atoms with E-state index in [1.54, 1.807) is 6.20 Å². The second kappa shape index (κ2) is 5.27. The van der Waals surface area contributed by atoms with Gasteiger partial charge in [-0.25, -0.2) is 15.6 Å². The molecule has 21 heavy (non-hydrogen) atoms. The lowest BCUT2D eigenvalue weighted by Crippen LogP contribution is -2.49. The van der Waals surface area contributed by atoms with Gasteiger partial charge in [-0.15, -0.1) is 0 Å². The van der Waals surface area contributed by atoms with E-state index in [-0.39, 0.29) is 18.5 Å². The normalized spacial score (nSPS) is 29.0. The third-order valence-electron chi connectivity index (χ3n) is 4.36. The van der Waals surface area contributed by atoms with Gasteiger partial charge in [0.15, 0.2) is 5.13 Å². The molecule has 2 aliphatic rings. The molecule has 1 aliphatic heterocycles. The Balaban J connectivity index is 1.74. The quantitative estimate of drug-likeness (QED) is 0.445. The van der Waals surface area contributed by atoms with Crippen molar-refractivity contribution in [1.82, 2.24) is 15.2 Å². The monoisotopic (exact) mass is 309 g/mol. The van der Waals surface area contributed by atoms with Crippen LogP contribution in [-0.2, 0) is 11.3 Å². The Labute approximate surface area is 126 Å². The molecule has 8 heteroatoms. The Morgan fingerprint density at radius 1 is 1.52 bits per heavy atom. The first-order chi connectivity index (χ1) is 10.0. The first-order valence-corrected chi connectivity index (χ1v) is 7.91. The number of thiazole rings is 1. The first kappa shape index (κ1) is 14.3. The van der Waals surface area contributed by atoms with Gasteiger partial charge in [-0.05, 0) is 31.6 Å². The number of hydrazine groups is 1. The largest absolute Gasteiger partial charge is 0.325 e. The lowest BCUT2D eigenvalue weighted by molar-refractivity contribution is -0.133. The second-order valence-electron chi connectivity index (χ2n) is 5.86. The van der Waals surface area contributed by atoms with Crippen LogP contribution in [-0.4, -0.2) is 27.4 Å². The van der Waals surface area contributed by atoms with Crippen molar-refractivity contribution in [3.63, 3.8) is 0 Å². The number of nitrogen functional groups attached to an aromatic ring is 1. The minimum atomic E-state index is -0.677. The molecule has 1 aliphatic carbocycles. The third kappa shape index (κ3) is 2.49. The van der Waals surface area contributed by atoms with Crippen LogP contribution in [0.3, 0.4) is 0 Å². The van der Waals surface area contributed by atoms with E-state index in [4.69, 9.17) is 5.84 Å². The number of imide groups is 1. The molecule has 1 aromatic heterocycles. The minimum absolute atomic E-state index is 0.102. The highest BCUT2D eigenvalue weighted by Gasteiger charge is 2.51. The number of amides is 3. The number of hydrogen-bond acceptors (Lipinski definition) is 6. The Morgan fingerprint density at radius 2 is 2.24 bits per heavy atom. The number of hydrogen-bond donors (Lipinski definition) is 3. The van der Waals surface area contributed by atoms with Gasteiger partial charge in [-0.1, -0.05) is 18.3 Å². The molecule has 1 saturated carbocycles. The number of nitrogens with one attached hydrogen (secondary N) is 2. The van der Waals surface area contributed by atoms with Crippen molar-refractivity contribution in [3.8, 4) is 0 Å². The summed E-state index contributed by atoms with van der Waals surface area (Å²) in [5.74, 6) is 5.81. The molecule has 1 spiro atoms. The average molecular weight is 309 g/mol. The molecule has 2 fully saturated rings. The van der Waals surface area contributed by atoms with Crippen LogP contribution in [0.5, 0.6) is 0 Å². The van der Waals surface area contributed by atoms with Crippen LogP contribution >= 0.6 is 11.3 Å². The fourth-order valence-electron chi connectivity index (χ4n) is 3.02. The van der Waals surface area contributed by atoms with E-state index in [2.05, 4.69) is 22.7 Å². The fourth-order valence-corrected chi connectivity index (χ4v) is 3.73. The van der Waals surface area contributed by atoms with E-state index in [1.807, 2.05) is 0 Å². The van der Waals surface area contributed by atoms with Crippen LogP contribution in [0.2, 0.25) is 0 Å². The van der Waals surface area contributed by atoms with E-state index in [0.717, 1.165) is 30.6 Å². The van der Waals surface area contributed by atoms with Crippen molar-refractivity contribution in [2.75, 3.05) is 5.43 Å². The predicted molar refractivity (Wildman–Crippen MR) is 79.4 cm³/mol. The summed E-state index contributed by atoms with van der Waals surface area (Å²) in [6, 6.07) is -0.301. The Morgan fingerprint density at radius 3 is 2.86 bits per heavy atom. The summed E-state index contributed by atoms with van der Waals surface area (Å²) in [5, 5.41) is 3.48. The van der Waals surface area contributed by atoms with Gasteiger partial charge in [-0.2, -0.15) is 0 Å². The smallest absolute Gasteiger partial charge is 0.323 e.